The van der Waals surface area contributed by atoms with Gasteiger partial charge in [-0.15, -0.1) is 0 Å². The molecule has 0 spiro atoms. The Balaban J connectivity index is 1.75. The molecule has 3 rings (SSSR count). The molecule has 0 radical (unpaired) electrons. The summed E-state index contributed by atoms with van der Waals surface area (Å²) in [4.78, 5) is 13.7. The second-order valence-corrected chi connectivity index (χ2v) is 5.91. The maximum atomic E-state index is 12.2. The smallest absolute Gasteiger partial charge is 0.321 e. The molecule has 126 valence electrons. The van der Waals surface area contributed by atoms with Gasteiger partial charge in [0.05, 0.1) is 29.9 Å². The summed E-state index contributed by atoms with van der Waals surface area (Å²) in [5.41, 5.74) is 2.65. The molecule has 0 aliphatic rings. The number of amides is 2. The number of para-hydroxylation sites is 1. The van der Waals surface area contributed by atoms with Crippen LogP contribution in [0, 0.1) is 11.3 Å². The zero-order valence-corrected chi connectivity index (χ0v) is 14.2. The second-order valence-electron chi connectivity index (χ2n) is 5.91. The van der Waals surface area contributed by atoms with E-state index in [9.17, 15) is 4.79 Å². The fraction of sp³-hybridized carbons (Fsp3) is 0.211. The first-order valence-electron chi connectivity index (χ1n) is 8.04. The number of hydrogen-bond donors (Lipinski definition) is 1. The SMILES string of the molecule is C[C@H](CC#N)N(C)C(=O)Nc1ccc(-n2ncc3ccccc32)cc1. The van der Waals surface area contributed by atoms with E-state index in [2.05, 4.69) is 16.5 Å². The highest BCUT2D eigenvalue weighted by atomic mass is 16.2. The topological polar surface area (TPSA) is 74.0 Å². The highest BCUT2D eigenvalue weighted by molar-refractivity contribution is 5.89. The predicted octanol–water partition coefficient (Wildman–Crippen LogP) is 3.79. The normalized spacial score (nSPS) is 11.7. The fourth-order valence-corrected chi connectivity index (χ4v) is 2.54. The molecule has 6 nitrogen and oxygen atoms in total. The van der Waals surface area contributed by atoms with E-state index in [0.717, 1.165) is 16.6 Å². The third kappa shape index (κ3) is 3.45. The molecular weight excluding hydrogens is 314 g/mol. The lowest BCUT2D eigenvalue weighted by atomic mass is 10.2. The summed E-state index contributed by atoms with van der Waals surface area (Å²) in [7, 11) is 1.68. The molecule has 0 bridgehead atoms. The van der Waals surface area contributed by atoms with Crippen LogP contribution in [0.4, 0.5) is 10.5 Å². The zero-order valence-electron chi connectivity index (χ0n) is 14.2. The largest absolute Gasteiger partial charge is 0.324 e. The number of hydrogen-bond acceptors (Lipinski definition) is 3. The summed E-state index contributed by atoms with van der Waals surface area (Å²) in [6.07, 6.45) is 2.13. The summed E-state index contributed by atoms with van der Waals surface area (Å²) >= 11 is 0. The van der Waals surface area contributed by atoms with Crippen LogP contribution in [0.2, 0.25) is 0 Å². The van der Waals surface area contributed by atoms with Crippen LogP contribution in [-0.2, 0) is 0 Å². The molecule has 0 aliphatic heterocycles. The molecule has 25 heavy (non-hydrogen) atoms. The van der Waals surface area contributed by atoms with Gasteiger partial charge in [-0.1, -0.05) is 18.2 Å². The van der Waals surface area contributed by atoms with Crippen molar-refractivity contribution in [3.8, 4) is 11.8 Å². The summed E-state index contributed by atoms with van der Waals surface area (Å²) < 4.78 is 1.86. The molecule has 1 atom stereocenters. The molecule has 1 heterocycles. The Morgan fingerprint density at radius 2 is 2.00 bits per heavy atom. The number of nitrogens with one attached hydrogen (secondary N) is 1. The Hall–Kier alpha value is -3.33. The van der Waals surface area contributed by atoms with Gasteiger partial charge in [0.2, 0.25) is 0 Å². The van der Waals surface area contributed by atoms with Gasteiger partial charge in [0, 0.05) is 24.2 Å². The van der Waals surface area contributed by atoms with Crippen molar-refractivity contribution in [1.82, 2.24) is 14.7 Å². The maximum absolute atomic E-state index is 12.2. The molecule has 6 heteroatoms. The summed E-state index contributed by atoms with van der Waals surface area (Å²) in [5, 5.41) is 17.1. The molecule has 0 saturated heterocycles. The fourth-order valence-electron chi connectivity index (χ4n) is 2.54. The van der Waals surface area contributed by atoms with Crippen molar-refractivity contribution in [3.63, 3.8) is 0 Å². The van der Waals surface area contributed by atoms with Crippen LogP contribution in [0.5, 0.6) is 0 Å². The molecule has 0 saturated carbocycles. The van der Waals surface area contributed by atoms with Crippen molar-refractivity contribution < 1.29 is 4.79 Å². The van der Waals surface area contributed by atoms with Gasteiger partial charge in [0.15, 0.2) is 0 Å². The standard InChI is InChI=1S/C19H19N5O/c1-14(11-12-20)23(2)19(25)22-16-7-9-17(10-8-16)24-18-6-4-3-5-15(18)13-21-24/h3-10,13-14H,11H2,1-2H3,(H,22,25)/t14-/m1/s1. The van der Waals surface area contributed by atoms with Crippen LogP contribution in [0.25, 0.3) is 16.6 Å². The second kappa shape index (κ2) is 7.05. The lowest BCUT2D eigenvalue weighted by Crippen LogP contribution is -2.38. The summed E-state index contributed by atoms with van der Waals surface area (Å²) in [6.45, 7) is 1.84. The zero-order chi connectivity index (χ0) is 17.8. The average Bonchev–Trinajstić information content (AvgIpc) is 3.06. The third-order valence-corrected chi connectivity index (χ3v) is 4.21. The Kier molecular flexibility index (Phi) is 4.66. The van der Waals surface area contributed by atoms with Gasteiger partial charge >= 0.3 is 6.03 Å². The monoisotopic (exact) mass is 333 g/mol. The van der Waals surface area contributed by atoms with Crippen LogP contribution in [-0.4, -0.2) is 33.8 Å². The molecule has 1 N–H and O–H groups in total. The van der Waals surface area contributed by atoms with Gasteiger partial charge in [-0.2, -0.15) is 10.4 Å². The van der Waals surface area contributed by atoms with Gasteiger partial charge in [-0.25, -0.2) is 9.48 Å². The van der Waals surface area contributed by atoms with E-state index >= 15 is 0 Å². The van der Waals surface area contributed by atoms with E-state index in [0.29, 0.717) is 12.1 Å². The van der Waals surface area contributed by atoms with Crippen molar-refractivity contribution >= 4 is 22.6 Å². The molecule has 0 fully saturated rings. The van der Waals surface area contributed by atoms with Crippen molar-refractivity contribution in [2.45, 2.75) is 19.4 Å². The maximum Gasteiger partial charge on any atom is 0.321 e. The van der Waals surface area contributed by atoms with E-state index in [1.165, 1.54) is 4.90 Å². The van der Waals surface area contributed by atoms with Crippen LogP contribution < -0.4 is 5.32 Å². The average molecular weight is 333 g/mol. The number of anilines is 1. The van der Waals surface area contributed by atoms with E-state index in [-0.39, 0.29) is 12.1 Å². The first-order valence-corrected chi connectivity index (χ1v) is 8.04. The molecule has 0 aliphatic carbocycles. The van der Waals surface area contributed by atoms with Crippen molar-refractivity contribution in [3.05, 3.63) is 54.7 Å². The van der Waals surface area contributed by atoms with Crippen LogP contribution in [0.1, 0.15) is 13.3 Å². The Labute approximate surface area is 146 Å². The molecule has 2 amide bonds. The molecule has 2 aromatic carbocycles. The Morgan fingerprint density at radius 1 is 1.28 bits per heavy atom. The minimum absolute atomic E-state index is 0.139. The minimum Gasteiger partial charge on any atom is -0.324 e. The Morgan fingerprint density at radius 3 is 2.72 bits per heavy atom. The van der Waals surface area contributed by atoms with Crippen molar-refractivity contribution in [2.75, 3.05) is 12.4 Å². The first kappa shape index (κ1) is 16.5. The Bertz CT molecular complexity index is 923. The molecule has 3 aromatic rings. The minimum atomic E-state index is -0.236. The number of nitrogens with zero attached hydrogens (tertiary/aromatic N) is 4. The van der Waals surface area contributed by atoms with Gasteiger partial charge in [0.25, 0.3) is 0 Å². The third-order valence-electron chi connectivity index (χ3n) is 4.21. The van der Waals surface area contributed by atoms with Crippen LogP contribution in [0.3, 0.4) is 0 Å². The number of carbonyl (C=O) groups is 1. The van der Waals surface area contributed by atoms with E-state index in [4.69, 9.17) is 5.26 Å². The summed E-state index contributed by atoms with van der Waals surface area (Å²) in [5.74, 6) is 0. The number of fused-ring (bicyclic) bond motifs is 1. The number of benzene rings is 2. The van der Waals surface area contributed by atoms with Crippen LogP contribution in [0.15, 0.2) is 54.7 Å². The van der Waals surface area contributed by atoms with Crippen molar-refractivity contribution in [2.24, 2.45) is 0 Å². The number of rotatable bonds is 4. The molecule has 1 aromatic heterocycles. The van der Waals surface area contributed by atoms with E-state index < -0.39 is 0 Å². The highest BCUT2D eigenvalue weighted by Gasteiger charge is 2.15. The first-order chi connectivity index (χ1) is 12.1. The predicted molar refractivity (Wildman–Crippen MR) is 97.5 cm³/mol. The summed E-state index contributed by atoms with van der Waals surface area (Å²) in [6, 6.07) is 17.2. The van der Waals surface area contributed by atoms with Crippen LogP contribution >= 0.6 is 0 Å². The van der Waals surface area contributed by atoms with Gasteiger partial charge in [-0.3, -0.25) is 0 Å². The number of nitriles is 1. The van der Waals surface area contributed by atoms with E-state index in [1.54, 1.807) is 7.05 Å². The highest BCUT2D eigenvalue weighted by Crippen LogP contribution is 2.19. The lowest BCUT2D eigenvalue weighted by Gasteiger charge is -2.23. The quantitative estimate of drug-likeness (QED) is 0.789. The van der Waals surface area contributed by atoms with Gasteiger partial charge in [0.1, 0.15) is 0 Å². The number of urea groups is 1. The van der Waals surface area contributed by atoms with Crippen molar-refractivity contribution in [1.29, 1.82) is 5.26 Å². The number of carbonyl (C=O) groups excluding carboxylic acids is 1. The number of aromatic nitrogens is 2. The lowest BCUT2D eigenvalue weighted by molar-refractivity contribution is 0.208. The molecular formula is C19H19N5O. The van der Waals surface area contributed by atoms with Gasteiger partial charge < -0.3 is 10.2 Å². The van der Waals surface area contributed by atoms with E-state index in [1.807, 2.05) is 66.3 Å². The molecule has 0 unspecified atom stereocenters. The van der Waals surface area contributed by atoms with Gasteiger partial charge in [-0.05, 0) is 37.3 Å².